The molecule has 0 radical (unpaired) electrons. The number of sulfone groups is 1. The van der Waals surface area contributed by atoms with Crippen molar-refractivity contribution in [3.63, 3.8) is 0 Å². The minimum absolute atomic E-state index is 0.00815. The van der Waals surface area contributed by atoms with Crippen molar-refractivity contribution in [3.05, 3.63) is 0 Å². The average molecular weight is 276 g/mol. The number of hydrogen-bond donors (Lipinski definition) is 2. The maximum atomic E-state index is 11.9. The van der Waals surface area contributed by atoms with Crippen LogP contribution in [0.4, 0.5) is 0 Å². The second kappa shape index (κ2) is 5.54. The van der Waals surface area contributed by atoms with Crippen molar-refractivity contribution in [3.8, 4) is 0 Å². The summed E-state index contributed by atoms with van der Waals surface area (Å²) in [5, 5.41) is 12.4. The highest BCUT2D eigenvalue weighted by Crippen LogP contribution is 2.13. The maximum absolute atomic E-state index is 11.9. The molecule has 1 amide bonds. The van der Waals surface area contributed by atoms with Gasteiger partial charge in [0.25, 0.3) is 0 Å². The summed E-state index contributed by atoms with van der Waals surface area (Å²) in [4.78, 5) is 13.7. The van der Waals surface area contributed by atoms with E-state index in [0.29, 0.717) is 0 Å². The molecule has 6 nitrogen and oxygen atoms in total. The Morgan fingerprint density at radius 2 is 1.89 bits per heavy atom. The molecule has 2 rings (SSSR count). The number of piperidine rings is 1. The molecule has 0 aromatic carbocycles. The van der Waals surface area contributed by atoms with Gasteiger partial charge in [0.1, 0.15) is 0 Å². The summed E-state index contributed by atoms with van der Waals surface area (Å²) < 4.78 is 22.6. The highest BCUT2D eigenvalue weighted by molar-refractivity contribution is 7.91. The predicted octanol–water partition coefficient (Wildman–Crippen LogP) is -1.25. The zero-order valence-corrected chi connectivity index (χ0v) is 11.2. The quantitative estimate of drug-likeness (QED) is 0.672. The van der Waals surface area contributed by atoms with Crippen LogP contribution >= 0.6 is 0 Å². The summed E-state index contributed by atoms with van der Waals surface area (Å²) in [5.74, 6) is -0.296. The van der Waals surface area contributed by atoms with E-state index in [2.05, 4.69) is 5.32 Å². The second-order valence-corrected chi connectivity index (χ2v) is 7.23. The Labute approximate surface area is 107 Å². The summed E-state index contributed by atoms with van der Waals surface area (Å²) in [7, 11) is -3.15. The molecule has 2 unspecified atom stereocenters. The third-order valence-electron chi connectivity index (χ3n) is 3.55. The predicted molar refractivity (Wildman–Crippen MR) is 66.9 cm³/mol. The van der Waals surface area contributed by atoms with Gasteiger partial charge in [0.05, 0.1) is 24.2 Å². The van der Waals surface area contributed by atoms with Crippen LogP contribution in [0.2, 0.25) is 0 Å². The molecule has 0 aliphatic carbocycles. The number of nitrogens with zero attached hydrogens (tertiary/aromatic N) is 1. The largest absolute Gasteiger partial charge is 0.390 e. The molecule has 7 heteroatoms. The molecule has 2 aliphatic heterocycles. The van der Waals surface area contributed by atoms with Crippen molar-refractivity contribution < 1.29 is 18.3 Å². The average Bonchev–Trinajstić information content (AvgIpc) is 2.60. The van der Waals surface area contributed by atoms with Crippen LogP contribution in [0, 0.1) is 0 Å². The van der Waals surface area contributed by atoms with Crippen LogP contribution in [-0.2, 0) is 14.6 Å². The number of carbonyl (C=O) groups excluding carboxylic acids is 1. The fourth-order valence-electron chi connectivity index (χ4n) is 2.50. The first-order valence-corrected chi connectivity index (χ1v) is 8.20. The standard InChI is InChI=1S/C11H20N2O4S/c14-10-8-18(16,17)7-9(10)12-6-11(15)13-4-2-1-3-5-13/h9-10,12,14H,1-8H2. The van der Waals surface area contributed by atoms with Crippen LogP contribution in [0.25, 0.3) is 0 Å². The topological polar surface area (TPSA) is 86.7 Å². The first-order valence-electron chi connectivity index (χ1n) is 6.37. The van der Waals surface area contributed by atoms with Crippen LogP contribution in [0.1, 0.15) is 19.3 Å². The number of aliphatic hydroxyl groups excluding tert-OH is 1. The van der Waals surface area contributed by atoms with E-state index >= 15 is 0 Å². The number of aliphatic hydroxyl groups is 1. The van der Waals surface area contributed by atoms with Crippen molar-refractivity contribution in [2.75, 3.05) is 31.1 Å². The van der Waals surface area contributed by atoms with Crippen LogP contribution in [-0.4, -0.2) is 67.6 Å². The molecule has 104 valence electrons. The van der Waals surface area contributed by atoms with Gasteiger partial charge < -0.3 is 15.3 Å². The minimum atomic E-state index is -3.15. The van der Waals surface area contributed by atoms with Gasteiger partial charge in [-0.3, -0.25) is 4.79 Å². The van der Waals surface area contributed by atoms with Gasteiger partial charge in [-0.15, -0.1) is 0 Å². The minimum Gasteiger partial charge on any atom is -0.390 e. The lowest BCUT2D eigenvalue weighted by Crippen LogP contribution is -2.46. The van der Waals surface area contributed by atoms with E-state index in [4.69, 9.17) is 0 Å². The van der Waals surface area contributed by atoms with E-state index < -0.39 is 22.0 Å². The van der Waals surface area contributed by atoms with E-state index in [-0.39, 0.29) is 24.0 Å². The van der Waals surface area contributed by atoms with Crippen molar-refractivity contribution in [2.24, 2.45) is 0 Å². The van der Waals surface area contributed by atoms with Gasteiger partial charge in [0.15, 0.2) is 9.84 Å². The van der Waals surface area contributed by atoms with Gasteiger partial charge in [-0.2, -0.15) is 0 Å². The maximum Gasteiger partial charge on any atom is 0.236 e. The summed E-state index contributed by atoms with van der Waals surface area (Å²) in [6.45, 7) is 1.68. The molecule has 2 aliphatic rings. The SMILES string of the molecule is O=C(CNC1CS(=O)(=O)CC1O)N1CCCCC1. The summed E-state index contributed by atoms with van der Waals surface area (Å²) >= 11 is 0. The molecule has 2 N–H and O–H groups in total. The Bertz CT molecular complexity index is 403. The Balaban J connectivity index is 1.79. The van der Waals surface area contributed by atoms with E-state index in [1.54, 1.807) is 4.90 Å². The van der Waals surface area contributed by atoms with Crippen molar-refractivity contribution in [2.45, 2.75) is 31.4 Å². The lowest BCUT2D eigenvalue weighted by atomic mass is 10.1. The molecule has 2 atom stereocenters. The molecule has 0 spiro atoms. The number of amides is 1. The zero-order valence-electron chi connectivity index (χ0n) is 10.3. The van der Waals surface area contributed by atoms with E-state index in [1.807, 2.05) is 0 Å². The van der Waals surface area contributed by atoms with Gasteiger partial charge in [-0.25, -0.2) is 8.42 Å². The van der Waals surface area contributed by atoms with Gasteiger partial charge >= 0.3 is 0 Å². The van der Waals surface area contributed by atoms with Crippen molar-refractivity contribution in [1.82, 2.24) is 10.2 Å². The van der Waals surface area contributed by atoms with Gasteiger partial charge in [-0.05, 0) is 19.3 Å². The Kier molecular flexibility index (Phi) is 4.24. The van der Waals surface area contributed by atoms with E-state index in [9.17, 15) is 18.3 Å². The zero-order chi connectivity index (χ0) is 13.2. The third kappa shape index (κ3) is 3.43. The summed E-state index contributed by atoms with van der Waals surface area (Å²) in [6.07, 6.45) is 2.33. The Hall–Kier alpha value is -0.660. The first-order chi connectivity index (χ1) is 8.48. The van der Waals surface area contributed by atoms with Crippen molar-refractivity contribution in [1.29, 1.82) is 0 Å². The smallest absolute Gasteiger partial charge is 0.236 e. The number of hydrogen-bond acceptors (Lipinski definition) is 5. The number of rotatable bonds is 3. The lowest BCUT2D eigenvalue weighted by Gasteiger charge is -2.27. The lowest BCUT2D eigenvalue weighted by molar-refractivity contribution is -0.131. The Morgan fingerprint density at radius 1 is 1.22 bits per heavy atom. The fourth-order valence-corrected chi connectivity index (χ4v) is 4.27. The normalized spacial score (nSPS) is 31.5. The van der Waals surface area contributed by atoms with Crippen molar-refractivity contribution >= 4 is 15.7 Å². The molecule has 18 heavy (non-hydrogen) atoms. The highest BCUT2D eigenvalue weighted by Gasteiger charge is 2.36. The van der Waals surface area contributed by atoms with Gasteiger partial charge in [-0.1, -0.05) is 0 Å². The molecule has 2 saturated heterocycles. The molecule has 2 fully saturated rings. The van der Waals surface area contributed by atoms with Gasteiger partial charge in [0, 0.05) is 19.1 Å². The number of carbonyl (C=O) groups is 1. The van der Waals surface area contributed by atoms with Gasteiger partial charge in [0.2, 0.25) is 5.91 Å². The number of nitrogens with one attached hydrogen (secondary N) is 1. The molecule has 0 saturated carbocycles. The molecular weight excluding hydrogens is 256 g/mol. The molecule has 2 heterocycles. The van der Waals surface area contributed by atoms with Crippen LogP contribution in [0.15, 0.2) is 0 Å². The van der Waals surface area contributed by atoms with E-state index in [1.165, 1.54) is 0 Å². The third-order valence-corrected chi connectivity index (χ3v) is 5.26. The fraction of sp³-hybridized carbons (Fsp3) is 0.909. The first kappa shape index (κ1) is 13.8. The molecular formula is C11H20N2O4S. The van der Waals surface area contributed by atoms with Crippen LogP contribution in [0.3, 0.4) is 0 Å². The Morgan fingerprint density at radius 3 is 2.44 bits per heavy atom. The number of likely N-dealkylation sites (tertiary alicyclic amines) is 1. The molecule has 0 aromatic rings. The molecule has 0 bridgehead atoms. The van der Waals surface area contributed by atoms with Crippen LogP contribution < -0.4 is 5.32 Å². The second-order valence-electron chi connectivity index (χ2n) is 5.07. The summed E-state index contributed by atoms with van der Waals surface area (Å²) in [5.41, 5.74) is 0. The summed E-state index contributed by atoms with van der Waals surface area (Å²) in [6, 6.07) is -0.510. The monoisotopic (exact) mass is 276 g/mol. The highest BCUT2D eigenvalue weighted by atomic mass is 32.2. The van der Waals surface area contributed by atoms with Crippen LogP contribution in [0.5, 0.6) is 0 Å². The van der Waals surface area contributed by atoms with E-state index in [0.717, 1.165) is 32.4 Å². The molecule has 0 aromatic heterocycles.